The van der Waals surface area contributed by atoms with Crippen molar-refractivity contribution < 1.29 is 63.5 Å². The monoisotopic (exact) mass is 818 g/mol. The molecule has 0 radical (unpaired) electrons. The second kappa shape index (κ2) is 17.2. The van der Waals surface area contributed by atoms with E-state index in [9.17, 15) is 30.3 Å². The molecule has 7 aliphatic heterocycles. The number of hydrogen-bond acceptors (Lipinski definition) is 12. The van der Waals surface area contributed by atoms with E-state index in [0.717, 1.165) is 37.7 Å². The zero-order chi connectivity index (χ0) is 41.8. The van der Waals surface area contributed by atoms with E-state index < -0.39 is 71.7 Å². The number of aliphatic carboxylic acids is 1. The van der Waals surface area contributed by atoms with Crippen LogP contribution in [0.1, 0.15) is 125 Å². The Bertz CT molecular complexity index is 1550. The quantitative estimate of drug-likeness (QED) is 0.176. The summed E-state index contributed by atoms with van der Waals surface area (Å²) in [6, 6.07) is 0. The first-order chi connectivity index (χ1) is 27.3. The Balaban J connectivity index is 0.920. The molecule has 0 aliphatic carbocycles. The molecule has 7 aliphatic rings. The molecule has 0 unspecified atom stereocenters. The SMILES string of the molecule is C=C1[C@@H](O)[C@@H]2O[C@]3(CC[C@H](C=C[C@@H](C)[C@@H]4CC(C)=C[C@@]5(O[C@H](C[C@@](C)(O)C(=O)O)CC[C@H]5O)O4)O3)CC[C@H]2O[C@@H]1[C@@H](O)C[C@H](C)[C@H]1O[C@]2(CC[C@H]1C)C[C@H](C)CCO2. The molecule has 0 bridgehead atoms. The van der Waals surface area contributed by atoms with Crippen molar-refractivity contribution in [1.82, 2.24) is 0 Å². The van der Waals surface area contributed by atoms with Crippen LogP contribution in [-0.4, -0.2) is 122 Å². The molecular formula is C45H70O13. The Hall–Kier alpha value is -1.75. The summed E-state index contributed by atoms with van der Waals surface area (Å²) in [5.74, 6) is -3.31. The van der Waals surface area contributed by atoms with Crippen molar-refractivity contribution >= 4 is 5.97 Å². The van der Waals surface area contributed by atoms with E-state index in [0.29, 0.717) is 69.0 Å². The molecule has 0 saturated carbocycles. The van der Waals surface area contributed by atoms with Gasteiger partial charge in [0, 0.05) is 38.0 Å². The van der Waals surface area contributed by atoms with Crippen molar-refractivity contribution in [2.45, 2.75) is 209 Å². The fourth-order valence-corrected chi connectivity index (χ4v) is 10.8. The van der Waals surface area contributed by atoms with Crippen LogP contribution in [0.15, 0.2) is 36.0 Å². The third kappa shape index (κ3) is 9.21. The number of rotatable bonds is 10. The maximum Gasteiger partial charge on any atom is 0.335 e. The highest BCUT2D eigenvalue weighted by atomic mass is 16.7. The van der Waals surface area contributed by atoms with Crippen molar-refractivity contribution in [1.29, 1.82) is 0 Å². The molecule has 0 aromatic heterocycles. The van der Waals surface area contributed by atoms with E-state index in [-0.39, 0.29) is 36.6 Å². The number of aliphatic hydroxyl groups is 4. The van der Waals surface area contributed by atoms with Gasteiger partial charge in [-0.05, 0) is 94.6 Å². The van der Waals surface area contributed by atoms with Crippen LogP contribution in [0.2, 0.25) is 0 Å². The van der Waals surface area contributed by atoms with Crippen LogP contribution >= 0.6 is 0 Å². The van der Waals surface area contributed by atoms with E-state index in [2.05, 4.69) is 33.4 Å². The van der Waals surface area contributed by atoms with Crippen LogP contribution in [0.5, 0.6) is 0 Å². The summed E-state index contributed by atoms with van der Waals surface area (Å²) < 4.78 is 45.4. The predicted octanol–water partition coefficient (Wildman–Crippen LogP) is 5.46. The van der Waals surface area contributed by atoms with Gasteiger partial charge in [-0.15, -0.1) is 0 Å². The van der Waals surface area contributed by atoms with Crippen molar-refractivity contribution in [3.05, 3.63) is 36.0 Å². The molecule has 7 rings (SSSR count). The molecule has 13 nitrogen and oxygen atoms in total. The summed E-state index contributed by atoms with van der Waals surface area (Å²) in [7, 11) is 0. The molecule has 6 fully saturated rings. The fourth-order valence-electron chi connectivity index (χ4n) is 10.8. The van der Waals surface area contributed by atoms with Crippen molar-refractivity contribution in [2.75, 3.05) is 6.61 Å². The van der Waals surface area contributed by atoms with Crippen LogP contribution in [-0.2, 0) is 38.0 Å². The highest BCUT2D eigenvalue weighted by Gasteiger charge is 2.55. The fraction of sp³-hybridized carbons (Fsp3) is 0.844. The molecule has 0 amide bonds. The second-order valence-corrected chi connectivity index (χ2v) is 19.5. The van der Waals surface area contributed by atoms with E-state index in [4.69, 9.17) is 33.2 Å². The van der Waals surface area contributed by atoms with Crippen LogP contribution in [0.3, 0.4) is 0 Å². The van der Waals surface area contributed by atoms with E-state index >= 15 is 0 Å². The van der Waals surface area contributed by atoms with Gasteiger partial charge in [-0.25, -0.2) is 4.79 Å². The Morgan fingerprint density at radius 3 is 2.48 bits per heavy atom. The smallest absolute Gasteiger partial charge is 0.335 e. The lowest BCUT2D eigenvalue weighted by Crippen LogP contribution is -2.60. The van der Waals surface area contributed by atoms with Gasteiger partial charge in [0.15, 0.2) is 17.2 Å². The zero-order valence-electron chi connectivity index (χ0n) is 35.4. The lowest BCUT2D eigenvalue weighted by atomic mass is 9.79. The zero-order valence-corrected chi connectivity index (χ0v) is 35.4. The number of carbonyl (C=O) groups is 1. The summed E-state index contributed by atoms with van der Waals surface area (Å²) in [4.78, 5) is 11.6. The van der Waals surface area contributed by atoms with Crippen molar-refractivity contribution in [3.8, 4) is 0 Å². The molecule has 58 heavy (non-hydrogen) atoms. The van der Waals surface area contributed by atoms with Gasteiger partial charge >= 0.3 is 5.97 Å². The third-order valence-electron chi connectivity index (χ3n) is 14.3. The molecule has 6 saturated heterocycles. The van der Waals surface area contributed by atoms with E-state index in [1.54, 1.807) is 6.08 Å². The topological polar surface area (TPSA) is 183 Å². The molecule has 5 N–H and O–H groups in total. The molecule has 18 atom stereocenters. The van der Waals surface area contributed by atoms with Gasteiger partial charge in [-0.1, -0.05) is 52.0 Å². The Morgan fingerprint density at radius 1 is 1.00 bits per heavy atom. The van der Waals surface area contributed by atoms with Gasteiger partial charge in [-0.2, -0.15) is 0 Å². The van der Waals surface area contributed by atoms with Crippen LogP contribution < -0.4 is 0 Å². The lowest BCUT2D eigenvalue weighted by molar-refractivity contribution is -0.322. The van der Waals surface area contributed by atoms with Crippen LogP contribution in [0.25, 0.3) is 0 Å². The average molecular weight is 819 g/mol. The predicted molar refractivity (Wildman–Crippen MR) is 212 cm³/mol. The first-order valence-electron chi connectivity index (χ1n) is 22.1. The summed E-state index contributed by atoms with van der Waals surface area (Å²) >= 11 is 0. The summed E-state index contributed by atoms with van der Waals surface area (Å²) in [5.41, 5.74) is -0.553. The molecule has 13 heteroatoms. The minimum absolute atomic E-state index is 0.0414. The second-order valence-electron chi connectivity index (χ2n) is 19.5. The number of fused-ring (bicyclic) bond motifs is 1. The molecule has 0 aromatic rings. The van der Waals surface area contributed by atoms with E-state index in [1.165, 1.54) is 6.92 Å². The Labute approximate surface area is 344 Å². The highest BCUT2D eigenvalue weighted by molar-refractivity contribution is 5.76. The third-order valence-corrected chi connectivity index (χ3v) is 14.3. The number of carboxylic acids is 1. The van der Waals surface area contributed by atoms with Crippen molar-refractivity contribution in [2.24, 2.45) is 23.7 Å². The van der Waals surface area contributed by atoms with Crippen molar-refractivity contribution in [3.63, 3.8) is 0 Å². The van der Waals surface area contributed by atoms with E-state index in [1.807, 2.05) is 19.9 Å². The van der Waals surface area contributed by atoms with Gasteiger partial charge < -0.3 is 58.7 Å². The highest BCUT2D eigenvalue weighted by Crippen LogP contribution is 2.48. The number of ether oxygens (including phenoxy) is 7. The molecule has 7 heterocycles. The largest absolute Gasteiger partial charge is 0.479 e. The minimum Gasteiger partial charge on any atom is -0.479 e. The molecule has 328 valence electrons. The first kappa shape index (κ1) is 44.3. The maximum atomic E-state index is 11.6. The number of carboxylic acid groups (broad SMARTS) is 1. The lowest BCUT2D eigenvalue weighted by Gasteiger charge is -2.50. The van der Waals surface area contributed by atoms with Gasteiger partial charge in [0.1, 0.15) is 24.4 Å². The summed E-state index contributed by atoms with van der Waals surface area (Å²) in [6.07, 6.45) is 8.18. The van der Waals surface area contributed by atoms with Gasteiger partial charge in [0.2, 0.25) is 5.79 Å². The molecular weight excluding hydrogens is 748 g/mol. The summed E-state index contributed by atoms with van der Waals surface area (Å²) in [6.45, 7) is 16.8. The number of hydrogen-bond donors (Lipinski definition) is 5. The van der Waals surface area contributed by atoms with Gasteiger partial charge in [-0.3, -0.25) is 0 Å². The number of aliphatic hydroxyl groups excluding tert-OH is 3. The normalized spacial score (nSPS) is 46.1. The molecule has 0 aromatic carbocycles. The minimum atomic E-state index is -1.96. The average Bonchev–Trinajstić information content (AvgIpc) is 3.56. The molecule has 3 spiro atoms. The Morgan fingerprint density at radius 2 is 1.74 bits per heavy atom. The van der Waals surface area contributed by atoms with Crippen LogP contribution in [0.4, 0.5) is 0 Å². The van der Waals surface area contributed by atoms with Gasteiger partial charge in [0.05, 0.1) is 43.2 Å². The standard InChI is InChI=1S/C45H70O13/c1-25-15-19-52-44(22-25)16-12-28(4)38(57-44)29(5)21-33(46)39-30(6)37(48)40-34(53-39)14-18-43(58-40)17-13-31(54-43)9-8-27(3)35-20-26(2)23-45(56-35)36(47)11-10-32(55-45)24-42(7,51)41(49)50/h8-9,23,25,27-29,31-40,46-48,51H,6,10-22,24H2,1-5,7H3,(H,49,50)/t25-,27-,28-,29+,31+,32+,33+,34-,35+,36-,37-,38+,39+,40-,42-,43-,44-,45-/m1/s1. The maximum absolute atomic E-state index is 11.6. The van der Waals surface area contributed by atoms with Gasteiger partial charge in [0.25, 0.3) is 0 Å². The first-order valence-corrected chi connectivity index (χ1v) is 22.1. The van der Waals surface area contributed by atoms with Crippen LogP contribution in [0, 0.1) is 23.7 Å². The summed E-state index contributed by atoms with van der Waals surface area (Å²) in [5, 5.41) is 54.1. The Kier molecular flexibility index (Phi) is 13.1.